The molecule has 0 aliphatic carbocycles. The molecule has 1 atom stereocenters. The quantitative estimate of drug-likeness (QED) is 0.215. The Morgan fingerprint density at radius 2 is 1.81 bits per heavy atom. The van der Waals surface area contributed by atoms with Gasteiger partial charge in [-0.3, -0.25) is 9.20 Å². The maximum absolute atomic E-state index is 14.1. The number of ether oxygens (including phenoxy) is 2. The molecule has 0 saturated heterocycles. The van der Waals surface area contributed by atoms with Crippen LogP contribution in [0.2, 0.25) is 0 Å². The van der Waals surface area contributed by atoms with Gasteiger partial charge in [0.1, 0.15) is 30.5 Å². The van der Waals surface area contributed by atoms with Crippen molar-refractivity contribution in [3.05, 3.63) is 101 Å². The smallest absolute Gasteiger partial charge is 0.407 e. The number of amides is 2. The van der Waals surface area contributed by atoms with E-state index in [0.29, 0.717) is 30.6 Å². The van der Waals surface area contributed by atoms with Crippen LogP contribution in [0, 0.1) is 36.8 Å². The lowest BCUT2D eigenvalue weighted by Crippen LogP contribution is -2.44. The molecule has 9 nitrogen and oxygen atoms in total. The van der Waals surface area contributed by atoms with Gasteiger partial charge in [-0.1, -0.05) is 36.4 Å². The van der Waals surface area contributed by atoms with Gasteiger partial charge in [0.05, 0.1) is 17.3 Å². The summed E-state index contributed by atoms with van der Waals surface area (Å²) in [5.41, 5.74) is 2.33. The fraction of sp³-hybridized carbons (Fsp3) is 0.290. The maximum atomic E-state index is 14.1. The van der Waals surface area contributed by atoms with Gasteiger partial charge in [0.25, 0.3) is 5.91 Å². The van der Waals surface area contributed by atoms with Crippen molar-refractivity contribution in [1.29, 1.82) is 5.26 Å². The Bertz CT molecular complexity index is 1580. The van der Waals surface area contributed by atoms with Crippen LogP contribution in [0.1, 0.15) is 52.1 Å². The van der Waals surface area contributed by atoms with Crippen molar-refractivity contribution in [2.75, 3.05) is 6.54 Å². The zero-order valence-corrected chi connectivity index (χ0v) is 23.3. The molecule has 2 aromatic heterocycles. The Balaban J connectivity index is 1.46. The summed E-state index contributed by atoms with van der Waals surface area (Å²) in [5, 5.41) is 14.5. The van der Waals surface area contributed by atoms with Gasteiger partial charge in [0.2, 0.25) is 0 Å². The topological polar surface area (TPSA) is 118 Å². The first-order valence-electron chi connectivity index (χ1n) is 13.4. The lowest BCUT2D eigenvalue weighted by atomic mass is 10.1. The summed E-state index contributed by atoms with van der Waals surface area (Å²) in [4.78, 5) is 30.3. The number of aromatic nitrogens is 2. The minimum atomic E-state index is -0.722. The van der Waals surface area contributed by atoms with E-state index in [4.69, 9.17) is 14.7 Å². The van der Waals surface area contributed by atoms with Gasteiger partial charge in [0.15, 0.2) is 11.4 Å². The molecule has 2 N–H and O–H groups in total. The Hall–Kier alpha value is -4.98. The van der Waals surface area contributed by atoms with Crippen molar-refractivity contribution in [2.45, 2.75) is 52.4 Å². The van der Waals surface area contributed by atoms with Gasteiger partial charge in [-0.2, -0.15) is 5.26 Å². The van der Waals surface area contributed by atoms with E-state index in [1.165, 1.54) is 6.07 Å². The third-order valence-corrected chi connectivity index (χ3v) is 6.53. The maximum Gasteiger partial charge on any atom is 0.407 e. The first-order chi connectivity index (χ1) is 20.3. The summed E-state index contributed by atoms with van der Waals surface area (Å²) >= 11 is 0. The van der Waals surface area contributed by atoms with Crippen LogP contribution in [0.25, 0.3) is 5.65 Å². The third kappa shape index (κ3) is 7.60. The number of hydrogen-bond acceptors (Lipinski definition) is 6. The largest absolute Gasteiger partial charge is 0.485 e. The number of benzene rings is 2. The van der Waals surface area contributed by atoms with Gasteiger partial charge in [0, 0.05) is 25.2 Å². The van der Waals surface area contributed by atoms with Crippen LogP contribution in [-0.4, -0.2) is 34.0 Å². The number of halogens is 2. The normalized spacial score (nSPS) is 11.5. The van der Waals surface area contributed by atoms with E-state index in [9.17, 15) is 18.4 Å². The van der Waals surface area contributed by atoms with Crippen molar-refractivity contribution in [1.82, 2.24) is 20.0 Å². The minimum Gasteiger partial charge on any atom is -0.485 e. The number of aryl methyl sites for hydroxylation is 2. The Morgan fingerprint density at radius 1 is 1.07 bits per heavy atom. The second kappa shape index (κ2) is 14.1. The van der Waals surface area contributed by atoms with E-state index in [-0.39, 0.29) is 36.8 Å². The Kier molecular flexibility index (Phi) is 10.1. The molecule has 0 radical (unpaired) electrons. The summed E-state index contributed by atoms with van der Waals surface area (Å²) < 4.78 is 40.9. The minimum absolute atomic E-state index is 0.0824. The molecule has 0 bridgehead atoms. The molecular formula is C31H31F2N5O4. The van der Waals surface area contributed by atoms with Crippen LogP contribution in [-0.2, 0) is 18.0 Å². The molecule has 1 unspecified atom stereocenters. The van der Waals surface area contributed by atoms with Crippen molar-refractivity contribution in [3.63, 3.8) is 0 Å². The van der Waals surface area contributed by atoms with E-state index in [1.54, 1.807) is 30.5 Å². The Labute approximate surface area is 242 Å². The van der Waals surface area contributed by atoms with E-state index in [1.807, 2.05) is 30.3 Å². The molecule has 4 rings (SSSR count). The fourth-order valence-corrected chi connectivity index (χ4v) is 4.44. The van der Waals surface area contributed by atoms with Crippen molar-refractivity contribution in [3.8, 4) is 11.8 Å². The molecule has 42 heavy (non-hydrogen) atoms. The van der Waals surface area contributed by atoms with E-state index >= 15 is 0 Å². The average Bonchev–Trinajstić information content (AvgIpc) is 3.30. The lowest BCUT2D eigenvalue weighted by Gasteiger charge is -2.19. The molecule has 0 aliphatic rings. The fourth-order valence-electron chi connectivity index (χ4n) is 4.44. The number of nitrogens with zero attached hydrogens (tertiary/aromatic N) is 3. The zero-order chi connectivity index (χ0) is 30.1. The van der Waals surface area contributed by atoms with E-state index in [0.717, 1.165) is 23.3 Å². The number of carbonyl (C=O) groups excluding carboxylic acids is 2. The summed E-state index contributed by atoms with van der Waals surface area (Å²) in [6, 6.07) is 16.1. The molecule has 0 fully saturated rings. The molecule has 2 amide bonds. The van der Waals surface area contributed by atoms with Crippen molar-refractivity contribution in [2.24, 2.45) is 0 Å². The molecule has 11 heteroatoms. The zero-order valence-electron chi connectivity index (χ0n) is 23.3. The number of alkyl carbamates (subject to hydrolysis) is 1. The third-order valence-electron chi connectivity index (χ3n) is 6.53. The van der Waals surface area contributed by atoms with Gasteiger partial charge in [-0.15, -0.1) is 0 Å². The standard InChI is InChI=1S/C31H31F2N5O4/c1-20-15-27(41-19-24-25(32)12-8-13-26(24)33)29-36-21(2)28(38(29)17-20)30(39)35-16-23(11-6-7-14-34)37-31(40)42-18-22-9-4-3-5-10-22/h3-5,8-10,12-13,15,17,23H,6-7,11,16,18-19H2,1-2H3,(H,35,39)(H,37,40). The number of fused-ring (bicyclic) bond motifs is 1. The number of nitrogens with one attached hydrogen (secondary N) is 2. The van der Waals surface area contributed by atoms with Crippen LogP contribution in [0.3, 0.4) is 0 Å². The van der Waals surface area contributed by atoms with Gasteiger partial charge in [-0.05, 0) is 56.0 Å². The lowest BCUT2D eigenvalue weighted by molar-refractivity contribution is 0.0938. The summed E-state index contributed by atoms with van der Waals surface area (Å²) in [5.74, 6) is -1.63. The molecule has 2 heterocycles. The predicted octanol–water partition coefficient (Wildman–Crippen LogP) is 5.53. The highest BCUT2D eigenvalue weighted by Crippen LogP contribution is 2.26. The number of imidazole rings is 1. The van der Waals surface area contributed by atoms with Crippen LogP contribution < -0.4 is 15.4 Å². The summed E-state index contributed by atoms with van der Waals surface area (Å²) in [7, 11) is 0. The highest BCUT2D eigenvalue weighted by Gasteiger charge is 2.22. The highest BCUT2D eigenvalue weighted by molar-refractivity contribution is 5.95. The number of nitriles is 1. The van der Waals surface area contributed by atoms with Crippen LogP contribution in [0.4, 0.5) is 13.6 Å². The molecular weight excluding hydrogens is 544 g/mol. The summed E-state index contributed by atoms with van der Waals surface area (Å²) in [6.07, 6.45) is 2.35. The van der Waals surface area contributed by atoms with Crippen LogP contribution in [0.15, 0.2) is 60.8 Å². The average molecular weight is 576 g/mol. The first kappa shape index (κ1) is 30.0. The molecule has 0 aliphatic heterocycles. The SMILES string of the molecule is Cc1cc(OCc2c(F)cccc2F)c2nc(C)c(C(=O)NCC(CCCC#N)NC(=O)OCc3ccccc3)n2c1. The number of pyridine rings is 1. The Morgan fingerprint density at radius 3 is 2.52 bits per heavy atom. The first-order valence-corrected chi connectivity index (χ1v) is 13.4. The second-order valence-corrected chi connectivity index (χ2v) is 9.77. The number of rotatable bonds is 12. The van der Waals surface area contributed by atoms with E-state index in [2.05, 4.69) is 21.7 Å². The molecule has 0 saturated carbocycles. The monoisotopic (exact) mass is 575 g/mol. The highest BCUT2D eigenvalue weighted by atomic mass is 19.1. The second-order valence-electron chi connectivity index (χ2n) is 9.77. The van der Waals surface area contributed by atoms with Gasteiger partial charge >= 0.3 is 6.09 Å². The van der Waals surface area contributed by atoms with Gasteiger partial charge < -0.3 is 20.1 Å². The van der Waals surface area contributed by atoms with Crippen LogP contribution in [0.5, 0.6) is 5.75 Å². The van der Waals surface area contributed by atoms with Crippen molar-refractivity contribution < 1.29 is 27.8 Å². The van der Waals surface area contributed by atoms with Crippen LogP contribution >= 0.6 is 0 Å². The predicted molar refractivity (Wildman–Crippen MR) is 151 cm³/mol. The molecule has 2 aromatic carbocycles. The molecule has 0 spiro atoms. The summed E-state index contributed by atoms with van der Waals surface area (Å²) in [6.45, 7) is 3.28. The molecule has 218 valence electrons. The number of unbranched alkanes of at least 4 members (excludes halogenated alkanes) is 1. The number of carbonyl (C=O) groups is 2. The van der Waals surface area contributed by atoms with E-state index < -0.39 is 29.7 Å². The molecule has 4 aromatic rings. The van der Waals surface area contributed by atoms with Crippen molar-refractivity contribution >= 4 is 17.6 Å². The number of hydrogen-bond donors (Lipinski definition) is 2. The van der Waals surface area contributed by atoms with Gasteiger partial charge in [-0.25, -0.2) is 18.6 Å².